The summed E-state index contributed by atoms with van der Waals surface area (Å²) >= 11 is 0. The smallest absolute Gasteiger partial charge is 0.246 e. The van der Waals surface area contributed by atoms with Crippen LogP contribution in [0.3, 0.4) is 0 Å². The lowest BCUT2D eigenvalue weighted by Gasteiger charge is -2.29. The summed E-state index contributed by atoms with van der Waals surface area (Å²) in [6.45, 7) is 1.27. The van der Waals surface area contributed by atoms with Gasteiger partial charge in [0, 0.05) is 50.1 Å². The fraction of sp³-hybridized carbons (Fsp3) is 0.526. The number of sulfonamides is 1. The number of carbonyl (C=O) groups excluding carboxylic acids is 1. The SMILES string of the molecule is O=C(Cc1cccnc1)NC[C@H]1[C@H]2CN(S(=O)(=O)c3cn[nH]c3)C[C@]23CC[C@H]1O3. The summed E-state index contributed by atoms with van der Waals surface area (Å²) in [5.74, 6) is 0.142. The first kappa shape index (κ1) is 18.7. The van der Waals surface area contributed by atoms with Crippen LogP contribution in [0.1, 0.15) is 18.4 Å². The van der Waals surface area contributed by atoms with E-state index in [4.69, 9.17) is 4.74 Å². The summed E-state index contributed by atoms with van der Waals surface area (Å²) in [7, 11) is -3.60. The second kappa shape index (κ2) is 6.89. The topological polar surface area (TPSA) is 117 Å². The Kier molecular flexibility index (Phi) is 4.45. The molecule has 29 heavy (non-hydrogen) atoms. The predicted molar refractivity (Wildman–Crippen MR) is 102 cm³/mol. The molecule has 2 aromatic heterocycles. The molecule has 0 aliphatic carbocycles. The molecule has 1 amide bonds. The summed E-state index contributed by atoms with van der Waals surface area (Å²) in [6, 6.07) is 3.68. The zero-order chi connectivity index (χ0) is 20.1. The number of nitrogens with zero attached hydrogens (tertiary/aromatic N) is 3. The van der Waals surface area contributed by atoms with E-state index < -0.39 is 15.6 Å². The normalized spacial score (nSPS) is 31.1. The van der Waals surface area contributed by atoms with Crippen LogP contribution < -0.4 is 5.32 Å². The van der Waals surface area contributed by atoms with Crippen molar-refractivity contribution in [2.75, 3.05) is 19.6 Å². The number of carbonyl (C=O) groups is 1. The van der Waals surface area contributed by atoms with Crippen molar-refractivity contribution in [3.63, 3.8) is 0 Å². The van der Waals surface area contributed by atoms with Crippen molar-refractivity contribution >= 4 is 15.9 Å². The molecule has 5 rings (SSSR count). The maximum atomic E-state index is 12.9. The van der Waals surface area contributed by atoms with E-state index in [0.29, 0.717) is 19.6 Å². The van der Waals surface area contributed by atoms with Gasteiger partial charge in [0.1, 0.15) is 4.90 Å². The van der Waals surface area contributed by atoms with E-state index in [1.165, 1.54) is 16.7 Å². The minimum atomic E-state index is -3.60. The molecule has 2 aromatic rings. The monoisotopic (exact) mass is 417 g/mol. The fourth-order valence-electron chi connectivity index (χ4n) is 5.12. The quantitative estimate of drug-likeness (QED) is 0.700. The highest BCUT2D eigenvalue weighted by Gasteiger charge is 2.64. The number of aromatic nitrogens is 3. The van der Waals surface area contributed by atoms with E-state index in [0.717, 1.165) is 18.4 Å². The summed E-state index contributed by atoms with van der Waals surface area (Å²) in [5.41, 5.74) is 0.434. The molecule has 3 aliphatic rings. The maximum absolute atomic E-state index is 12.9. The Bertz CT molecular complexity index is 997. The van der Waals surface area contributed by atoms with Gasteiger partial charge in [0.05, 0.1) is 24.3 Å². The van der Waals surface area contributed by atoms with Crippen LogP contribution in [0, 0.1) is 11.8 Å². The molecule has 5 heterocycles. The Morgan fingerprint density at radius 1 is 1.41 bits per heavy atom. The minimum absolute atomic E-state index is 0.0595. The van der Waals surface area contributed by atoms with Gasteiger partial charge >= 0.3 is 0 Å². The average Bonchev–Trinajstić information content (AvgIpc) is 3.47. The van der Waals surface area contributed by atoms with E-state index in [-0.39, 0.29) is 35.2 Å². The van der Waals surface area contributed by atoms with E-state index in [9.17, 15) is 13.2 Å². The van der Waals surface area contributed by atoms with Crippen LogP contribution >= 0.6 is 0 Å². The van der Waals surface area contributed by atoms with E-state index in [2.05, 4.69) is 20.5 Å². The molecule has 0 saturated carbocycles. The first-order valence-electron chi connectivity index (χ1n) is 9.80. The van der Waals surface area contributed by atoms with Gasteiger partial charge in [-0.25, -0.2) is 8.42 Å². The lowest BCUT2D eigenvalue weighted by Crippen LogP contribution is -2.42. The van der Waals surface area contributed by atoms with Gasteiger partial charge in [0.15, 0.2) is 0 Å². The van der Waals surface area contributed by atoms with Gasteiger partial charge in [-0.2, -0.15) is 9.40 Å². The van der Waals surface area contributed by atoms with Gasteiger partial charge in [-0.1, -0.05) is 6.07 Å². The van der Waals surface area contributed by atoms with Gasteiger partial charge < -0.3 is 10.1 Å². The van der Waals surface area contributed by atoms with Gasteiger partial charge in [0.2, 0.25) is 15.9 Å². The van der Waals surface area contributed by atoms with Crippen molar-refractivity contribution in [3.05, 3.63) is 42.5 Å². The minimum Gasteiger partial charge on any atom is -0.370 e. The number of ether oxygens (including phenoxy) is 1. The molecule has 1 spiro atoms. The molecule has 3 saturated heterocycles. The van der Waals surface area contributed by atoms with Crippen molar-refractivity contribution < 1.29 is 17.9 Å². The number of rotatable bonds is 6. The van der Waals surface area contributed by atoms with Crippen LogP contribution in [0.4, 0.5) is 0 Å². The molecule has 2 N–H and O–H groups in total. The van der Waals surface area contributed by atoms with Crippen molar-refractivity contribution in [2.45, 2.75) is 35.9 Å². The van der Waals surface area contributed by atoms with Crippen LogP contribution in [0.5, 0.6) is 0 Å². The average molecular weight is 417 g/mol. The third kappa shape index (κ3) is 3.15. The molecular formula is C19H23N5O4S. The highest BCUT2D eigenvalue weighted by atomic mass is 32.2. The lowest BCUT2D eigenvalue weighted by atomic mass is 9.73. The molecule has 0 unspecified atom stereocenters. The number of H-pyrrole nitrogens is 1. The summed E-state index contributed by atoms with van der Waals surface area (Å²) in [6.07, 6.45) is 8.21. The molecule has 9 nitrogen and oxygen atoms in total. The zero-order valence-corrected chi connectivity index (χ0v) is 16.6. The van der Waals surface area contributed by atoms with Crippen LogP contribution in [0.25, 0.3) is 0 Å². The Labute approximate surface area is 168 Å². The van der Waals surface area contributed by atoms with Crippen molar-refractivity contribution in [1.29, 1.82) is 0 Å². The fourth-order valence-corrected chi connectivity index (χ4v) is 6.55. The van der Waals surface area contributed by atoms with Crippen molar-refractivity contribution in [3.8, 4) is 0 Å². The third-order valence-electron chi connectivity index (χ3n) is 6.49. The van der Waals surface area contributed by atoms with Crippen LogP contribution in [-0.2, 0) is 26.0 Å². The molecule has 0 aromatic carbocycles. The third-order valence-corrected chi connectivity index (χ3v) is 8.26. The van der Waals surface area contributed by atoms with Crippen LogP contribution in [-0.4, -0.2) is 65.2 Å². The molecular weight excluding hydrogens is 394 g/mol. The highest BCUT2D eigenvalue weighted by molar-refractivity contribution is 7.89. The Balaban J connectivity index is 1.26. The Hall–Kier alpha value is -2.30. The van der Waals surface area contributed by atoms with Crippen molar-refractivity contribution in [1.82, 2.24) is 24.8 Å². The number of fused-ring (bicyclic) bond motifs is 1. The molecule has 10 heteroatoms. The molecule has 154 valence electrons. The van der Waals surface area contributed by atoms with Gasteiger partial charge in [0.25, 0.3) is 0 Å². The standard InChI is InChI=1S/C19H23N5O4S/c25-18(6-13-2-1-5-20-7-13)21-10-15-16-11-24(12-19(16)4-3-17(15)28-19)29(26,27)14-8-22-23-9-14/h1-2,5,7-9,15-17H,3-4,6,10-12H2,(H,21,25)(H,22,23)/t15-,16+,17+,19+/m0/s1. The van der Waals surface area contributed by atoms with Gasteiger partial charge in [-0.05, 0) is 24.5 Å². The largest absolute Gasteiger partial charge is 0.370 e. The number of hydrogen-bond acceptors (Lipinski definition) is 6. The second-order valence-corrected chi connectivity index (χ2v) is 10.0. The first-order valence-corrected chi connectivity index (χ1v) is 11.2. The number of hydrogen-bond donors (Lipinski definition) is 2. The summed E-state index contributed by atoms with van der Waals surface area (Å²) < 4.78 is 33.6. The van der Waals surface area contributed by atoms with Gasteiger partial charge in [-0.3, -0.25) is 14.9 Å². The number of nitrogens with one attached hydrogen (secondary N) is 2. The Morgan fingerprint density at radius 3 is 3.07 bits per heavy atom. The molecule has 2 bridgehead atoms. The number of amides is 1. The predicted octanol–water partition coefficient (Wildman–Crippen LogP) is 0.332. The molecule has 3 fully saturated rings. The molecule has 0 radical (unpaired) electrons. The zero-order valence-electron chi connectivity index (χ0n) is 15.8. The number of pyridine rings is 1. The van der Waals surface area contributed by atoms with Crippen LogP contribution in [0.15, 0.2) is 41.8 Å². The molecule has 4 atom stereocenters. The van der Waals surface area contributed by atoms with E-state index >= 15 is 0 Å². The van der Waals surface area contributed by atoms with E-state index in [1.54, 1.807) is 12.4 Å². The lowest BCUT2D eigenvalue weighted by molar-refractivity contribution is -0.120. The van der Waals surface area contributed by atoms with Crippen molar-refractivity contribution in [2.24, 2.45) is 11.8 Å². The maximum Gasteiger partial charge on any atom is 0.246 e. The second-order valence-electron chi connectivity index (χ2n) is 8.10. The van der Waals surface area contributed by atoms with E-state index in [1.807, 2.05) is 12.1 Å². The van der Waals surface area contributed by atoms with Crippen LogP contribution in [0.2, 0.25) is 0 Å². The Morgan fingerprint density at radius 2 is 2.31 bits per heavy atom. The molecule has 3 aliphatic heterocycles. The number of aromatic amines is 1. The van der Waals surface area contributed by atoms with Gasteiger partial charge in [-0.15, -0.1) is 0 Å². The summed E-state index contributed by atoms with van der Waals surface area (Å²) in [4.78, 5) is 16.6. The first-order chi connectivity index (χ1) is 14.0. The summed E-state index contributed by atoms with van der Waals surface area (Å²) in [5, 5.41) is 9.34. The highest BCUT2D eigenvalue weighted by Crippen LogP contribution is 2.55.